The third kappa shape index (κ3) is 6.70. The molecule has 1 amide bonds. The zero-order valence-electron chi connectivity index (χ0n) is 19.3. The molecule has 0 radical (unpaired) electrons. The highest BCUT2D eigenvalue weighted by atomic mass is 19.1. The van der Waals surface area contributed by atoms with Crippen molar-refractivity contribution in [2.45, 2.75) is 59.5 Å². The smallest absolute Gasteiger partial charge is 0.330 e. The van der Waals surface area contributed by atoms with Gasteiger partial charge in [0.15, 0.2) is 0 Å². The number of aromatic amines is 1. The van der Waals surface area contributed by atoms with Crippen molar-refractivity contribution in [3.8, 4) is 0 Å². The van der Waals surface area contributed by atoms with E-state index in [1.807, 2.05) is 20.8 Å². The van der Waals surface area contributed by atoms with E-state index in [0.29, 0.717) is 19.0 Å². The Morgan fingerprint density at radius 2 is 1.88 bits per heavy atom. The summed E-state index contributed by atoms with van der Waals surface area (Å²) in [6, 6.07) is 5.57. The summed E-state index contributed by atoms with van der Waals surface area (Å²) in [7, 11) is 0. The Bertz CT molecular complexity index is 1010. The fourth-order valence-electron chi connectivity index (χ4n) is 3.40. The van der Waals surface area contributed by atoms with E-state index in [0.717, 1.165) is 24.8 Å². The molecule has 1 aromatic heterocycles. The third-order valence-corrected chi connectivity index (χ3v) is 5.32. The predicted octanol–water partition coefficient (Wildman–Crippen LogP) is 2.79. The number of rotatable bonds is 11. The molecule has 1 unspecified atom stereocenters. The summed E-state index contributed by atoms with van der Waals surface area (Å²) in [6.07, 6.45) is 2.33. The molecule has 2 rings (SSSR count). The molecule has 0 spiro atoms. The zero-order valence-corrected chi connectivity index (χ0v) is 19.3. The van der Waals surface area contributed by atoms with Gasteiger partial charge in [-0.2, -0.15) is 0 Å². The van der Waals surface area contributed by atoms with Crippen LogP contribution in [0.1, 0.15) is 58.6 Å². The number of nitrogen functional groups attached to an aromatic ring is 1. The van der Waals surface area contributed by atoms with E-state index < -0.39 is 11.2 Å². The maximum atomic E-state index is 13.2. The summed E-state index contributed by atoms with van der Waals surface area (Å²) in [6.45, 7) is 8.60. The van der Waals surface area contributed by atoms with Gasteiger partial charge in [0.2, 0.25) is 5.91 Å². The number of carbonyl (C=O) groups excluding carboxylic acids is 1. The molecule has 0 aliphatic heterocycles. The quantitative estimate of drug-likeness (QED) is 0.490. The number of halogens is 1. The van der Waals surface area contributed by atoms with Crippen LogP contribution in [0.4, 0.5) is 15.9 Å². The molecule has 32 heavy (non-hydrogen) atoms. The largest absolute Gasteiger partial charge is 0.383 e. The van der Waals surface area contributed by atoms with E-state index in [-0.39, 0.29) is 35.8 Å². The van der Waals surface area contributed by atoms with Crippen LogP contribution in [0.5, 0.6) is 0 Å². The number of hydrogen-bond donors (Lipinski definition) is 3. The van der Waals surface area contributed by atoms with Crippen LogP contribution in [0.2, 0.25) is 0 Å². The van der Waals surface area contributed by atoms with Gasteiger partial charge in [0.25, 0.3) is 5.56 Å². The fraction of sp³-hybridized carbons (Fsp3) is 0.522. The Balaban J connectivity index is 2.29. The van der Waals surface area contributed by atoms with Crippen LogP contribution in [-0.2, 0) is 11.3 Å². The van der Waals surface area contributed by atoms with Crippen LogP contribution >= 0.6 is 0 Å². The highest BCUT2D eigenvalue weighted by Gasteiger charge is 2.22. The number of benzene rings is 1. The van der Waals surface area contributed by atoms with Gasteiger partial charge >= 0.3 is 5.69 Å². The van der Waals surface area contributed by atoms with Crippen molar-refractivity contribution >= 4 is 17.4 Å². The molecule has 2 aromatic rings. The van der Waals surface area contributed by atoms with Crippen molar-refractivity contribution < 1.29 is 9.18 Å². The lowest BCUT2D eigenvalue weighted by atomic mass is 10.1. The number of hydrogen-bond acceptors (Lipinski definition) is 5. The minimum absolute atomic E-state index is 0.0651. The van der Waals surface area contributed by atoms with Gasteiger partial charge in [-0.15, -0.1) is 0 Å². The second-order valence-corrected chi connectivity index (χ2v) is 8.44. The second kappa shape index (κ2) is 11.5. The van der Waals surface area contributed by atoms with E-state index in [1.54, 1.807) is 24.0 Å². The van der Waals surface area contributed by atoms with Gasteiger partial charge in [-0.1, -0.05) is 39.3 Å². The molecule has 1 aromatic carbocycles. The lowest BCUT2D eigenvalue weighted by Crippen LogP contribution is -2.44. The average Bonchev–Trinajstić information content (AvgIpc) is 2.71. The fourth-order valence-corrected chi connectivity index (χ4v) is 3.40. The zero-order chi connectivity index (χ0) is 23.8. The Morgan fingerprint density at radius 1 is 1.22 bits per heavy atom. The molecule has 0 saturated carbocycles. The normalized spacial score (nSPS) is 12.1. The molecule has 1 atom stereocenters. The number of H-pyrrole nitrogens is 1. The molecule has 4 N–H and O–H groups in total. The average molecular weight is 448 g/mol. The van der Waals surface area contributed by atoms with Crippen molar-refractivity contribution in [3.63, 3.8) is 0 Å². The molecule has 0 aliphatic carbocycles. The Hall–Kier alpha value is -3.10. The maximum absolute atomic E-state index is 13.2. The molecule has 0 bridgehead atoms. The van der Waals surface area contributed by atoms with Crippen molar-refractivity contribution in [2.24, 2.45) is 5.92 Å². The van der Waals surface area contributed by atoms with E-state index in [1.165, 1.54) is 16.7 Å². The topological polar surface area (TPSA) is 113 Å². The molecular formula is C23H34FN5O3. The number of nitrogens with one attached hydrogen (secondary N) is 2. The summed E-state index contributed by atoms with van der Waals surface area (Å²) in [5.41, 5.74) is 5.98. The van der Waals surface area contributed by atoms with Crippen LogP contribution in [0.3, 0.4) is 0 Å². The SMILES string of the molecule is CCCCn1c(N)c(N(CCC(C)C)CC(=O)NC(C)c2ccc(F)cc2)c(=O)[nH]c1=O. The Kier molecular flexibility index (Phi) is 9.04. The molecular weight excluding hydrogens is 413 g/mol. The molecule has 1 heterocycles. The van der Waals surface area contributed by atoms with E-state index >= 15 is 0 Å². The number of nitrogens with zero attached hydrogens (tertiary/aromatic N) is 2. The first kappa shape index (κ1) is 25.2. The van der Waals surface area contributed by atoms with Gasteiger partial charge in [-0.25, -0.2) is 9.18 Å². The molecule has 9 heteroatoms. The van der Waals surface area contributed by atoms with Gasteiger partial charge in [-0.3, -0.25) is 19.1 Å². The number of nitrogens with two attached hydrogens (primary N) is 1. The van der Waals surface area contributed by atoms with Crippen LogP contribution in [0.15, 0.2) is 33.9 Å². The van der Waals surface area contributed by atoms with Crippen LogP contribution in [0.25, 0.3) is 0 Å². The maximum Gasteiger partial charge on any atom is 0.330 e. The van der Waals surface area contributed by atoms with Gasteiger partial charge in [0.1, 0.15) is 17.3 Å². The molecule has 0 saturated heterocycles. The standard InChI is InChI=1S/C23H34FN5O3/c1-5-6-12-29-21(25)20(22(31)27-23(29)32)28(13-11-15(2)3)14-19(30)26-16(4)17-7-9-18(24)10-8-17/h7-10,15-16H,5-6,11-14,25H2,1-4H3,(H,26,30)(H,27,31,32). The van der Waals surface area contributed by atoms with Gasteiger partial charge in [0.05, 0.1) is 12.6 Å². The van der Waals surface area contributed by atoms with E-state index in [4.69, 9.17) is 5.73 Å². The number of amides is 1. The highest BCUT2D eigenvalue weighted by molar-refractivity contribution is 5.82. The second-order valence-electron chi connectivity index (χ2n) is 8.44. The number of aromatic nitrogens is 2. The summed E-state index contributed by atoms with van der Waals surface area (Å²) in [5.74, 6) is -0.254. The molecule has 8 nitrogen and oxygen atoms in total. The number of carbonyl (C=O) groups is 1. The minimum Gasteiger partial charge on any atom is -0.383 e. The lowest BCUT2D eigenvalue weighted by molar-refractivity contribution is -0.120. The number of anilines is 2. The van der Waals surface area contributed by atoms with E-state index in [2.05, 4.69) is 10.3 Å². The summed E-state index contributed by atoms with van der Waals surface area (Å²) < 4.78 is 14.5. The Morgan fingerprint density at radius 3 is 2.47 bits per heavy atom. The summed E-state index contributed by atoms with van der Waals surface area (Å²) >= 11 is 0. The van der Waals surface area contributed by atoms with Crippen molar-refractivity contribution in [3.05, 3.63) is 56.5 Å². The summed E-state index contributed by atoms with van der Waals surface area (Å²) in [5, 5.41) is 2.88. The van der Waals surface area contributed by atoms with Crippen LogP contribution in [-0.4, -0.2) is 28.5 Å². The molecule has 176 valence electrons. The number of unbranched alkanes of at least 4 members (excludes halogenated alkanes) is 1. The third-order valence-electron chi connectivity index (χ3n) is 5.32. The van der Waals surface area contributed by atoms with Gasteiger partial charge in [-0.05, 0) is 43.4 Å². The van der Waals surface area contributed by atoms with Crippen molar-refractivity contribution in [1.29, 1.82) is 0 Å². The first-order valence-electron chi connectivity index (χ1n) is 11.1. The first-order chi connectivity index (χ1) is 15.1. The van der Waals surface area contributed by atoms with Crippen molar-refractivity contribution in [2.75, 3.05) is 23.7 Å². The summed E-state index contributed by atoms with van der Waals surface area (Å²) in [4.78, 5) is 41.7. The van der Waals surface area contributed by atoms with E-state index in [9.17, 15) is 18.8 Å². The van der Waals surface area contributed by atoms with Gasteiger partial charge in [0, 0.05) is 13.1 Å². The molecule has 0 fully saturated rings. The van der Waals surface area contributed by atoms with Crippen molar-refractivity contribution in [1.82, 2.24) is 14.9 Å². The monoisotopic (exact) mass is 447 g/mol. The highest BCUT2D eigenvalue weighted by Crippen LogP contribution is 2.19. The van der Waals surface area contributed by atoms with Crippen LogP contribution in [0, 0.1) is 11.7 Å². The predicted molar refractivity (Wildman–Crippen MR) is 125 cm³/mol. The van der Waals surface area contributed by atoms with Gasteiger partial charge < -0.3 is 16.0 Å². The minimum atomic E-state index is -0.608. The first-order valence-corrected chi connectivity index (χ1v) is 11.1. The van der Waals surface area contributed by atoms with Crippen LogP contribution < -0.4 is 27.2 Å². The Labute approximate surface area is 187 Å². The lowest BCUT2D eigenvalue weighted by Gasteiger charge is -2.27. The molecule has 0 aliphatic rings.